The summed E-state index contributed by atoms with van der Waals surface area (Å²) in [6.45, 7) is 8.94. The molecule has 0 fully saturated rings. The van der Waals surface area contributed by atoms with Crippen LogP contribution in [0.15, 0.2) is 53.2 Å². The highest BCUT2D eigenvalue weighted by molar-refractivity contribution is 6.19. The van der Waals surface area contributed by atoms with Gasteiger partial charge in [0.05, 0.1) is 13.2 Å². The van der Waals surface area contributed by atoms with Crippen molar-refractivity contribution in [3.63, 3.8) is 0 Å². The van der Waals surface area contributed by atoms with E-state index in [1.54, 1.807) is 12.3 Å². The van der Waals surface area contributed by atoms with Gasteiger partial charge in [0.15, 0.2) is 5.58 Å². The minimum absolute atomic E-state index is 0.0311. The Balaban J connectivity index is 1.87. The third-order valence-electron chi connectivity index (χ3n) is 8.02. The summed E-state index contributed by atoms with van der Waals surface area (Å²) >= 11 is 0. The average Bonchev–Trinajstić information content (AvgIpc) is 3.20. The first-order valence-corrected chi connectivity index (χ1v) is 12.1. The van der Waals surface area contributed by atoms with Gasteiger partial charge < -0.3 is 4.42 Å². The highest BCUT2D eigenvalue weighted by Crippen LogP contribution is 2.51. The number of rotatable bonds is 1. The van der Waals surface area contributed by atoms with E-state index >= 15 is 0 Å². The maximum atomic E-state index is 8.38. The molecule has 0 atom stereocenters. The highest BCUT2D eigenvalue weighted by atomic mass is 16.3. The molecule has 3 aromatic carbocycles. The van der Waals surface area contributed by atoms with Crippen molar-refractivity contribution in [3.05, 3.63) is 71.0 Å². The molecule has 1 aliphatic carbocycles. The van der Waals surface area contributed by atoms with Crippen molar-refractivity contribution in [2.45, 2.75) is 65.1 Å². The number of furan rings is 1. The van der Waals surface area contributed by atoms with E-state index in [1.807, 2.05) is 36.9 Å². The van der Waals surface area contributed by atoms with Crippen LogP contribution in [0.25, 0.3) is 44.1 Å². The van der Waals surface area contributed by atoms with Crippen molar-refractivity contribution in [1.82, 2.24) is 4.98 Å². The summed E-state index contributed by atoms with van der Waals surface area (Å²) in [5.74, 6) is 0.744. The molecule has 6 rings (SSSR count). The van der Waals surface area contributed by atoms with Gasteiger partial charge in [0.2, 0.25) is 0 Å². The Bertz CT molecular complexity index is 1740. The van der Waals surface area contributed by atoms with E-state index in [-0.39, 0.29) is 10.8 Å². The second-order valence-corrected chi connectivity index (χ2v) is 11.3. The summed E-state index contributed by atoms with van der Waals surface area (Å²) in [5, 5.41) is 3.73. The third kappa shape index (κ3) is 2.82. The van der Waals surface area contributed by atoms with Gasteiger partial charge in [0.25, 0.3) is 0 Å². The van der Waals surface area contributed by atoms with E-state index in [4.69, 9.17) is 8.53 Å². The topological polar surface area (TPSA) is 29.9 Å². The number of fused-ring (bicyclic) bond motifs is 7. The largest absolute Gasteiger partial charge is 0.454 e. The van der Waals surface area contributed by atoms with Crippen LogP contribution in [-0.2, 0) is 17.9 Å². The molecule has 0 bridgehead atoms. The van der Waals surface area contributed by atoms with Gasteiger partial charge in [-0.25, -0.2) is 4.57 Å². The first kappa shape index (κ1) is 18.2. The lowest BCUT2D eigenvalue weighted by Crippen LogP contribution is -2.34. The summed E-state index contributed by atoms with van der Waals surface area (Å²) in [4.78, 5) is 4.66. The predicted molar refractivity (Wildman–Crippen MR) is 140 cm³/mol. The van der Waals surface area contributed by atoms with Crippen LogP contribution >= 0.6 is 0 Å². The highest BCUT2D eigenvalue weighted by Gasteiger charge is 2.39. The van der Waals surface area contributed by atoms with E-state index in [2.05, 4.69) is 50.9 Å². The molecule has 0 radical (unpaired) electrons. The van der Waals surface area contributed by atoms with Crippen molar-refractivity contribution >= 4 is 32.7 Å². The van der Waals surface area contributed by atoms with Crippen molar-refractivity contribution in [2.75, 3.05) is 0 Å². The zero-order valence-corrected chi connectivity index (χ0v) is 20.8. The number of hydrogen-bond donors (Lipinski definition) is 0. The Hall–Kier alpha value is -3.20. The molecule has 0 unspecified atom stereocenters. The maximum Gasteiger partial charge on any atom is 0.334 e. The molecule has 0 aliphatic heterocycles. The molecule has 2 aromatic heterocycles. The van der Waals surface area contributed by atoms with Gasteiger partial charge >= 0.3 is 5.82 Å². The van der Waals surface area contributed by atoms with Crippen molar-refractivity contribution < 1.29 is 13.1 Å². The van der Waals surface area contributed by atoms with E-state index in [0.29, 0.717) is 16.5 Å². The predicted octanol–water partition coefficient (Wildman–Crippen LogP) is 7.59. The maximum absolute atomic E-state index is 8.38. The van der Waals surface area contributed by atoms with Gasteiger partial charge in [0.1, 0.15) is 17.3 Å². The number of aromatic nitrogens is 2. The average molecular weight is 453 g/mol. The third-order valence-corrected chi connectivity index (χ3v) is 8.02. The Morgan fingerprint density at radius 3 is 2.50 bits per heavy atom. The summed E-state index contributed by atoms with van der Waals surface area (Å²) < 4.78 is 34.0. The van der Waals surface area contributed by atoms with Gasteiger partial charge in [-0.1, -0.05) is 52.0 Å². The van der Waals surface area contributed by atoms with Gasteiger partial charge in [-0.3, -0.25) is 0 Å². The molecule has 34 heavy (non-hydrogen) atoms. The SMILES string of the molecule is [2H]C([2H])([2H])c1cc(C)c(-c2nccc[n+]2C)c2oc3c(ccc4ccc5c(c43)C(C)(C)CCC5(C)C)c12. The van der Waals surface area contributed by atoms with Crippen molar-refractivity contribution in [2.24, 2.45) is 7.05 Å². The molecule has 0 N–H and O–H groups in total. The summed E-state index contributed by atoms with van der Waals surface area (Å²) in [6, 6.07) is 12.3. The van der Waals surface area contributed by atoms with E-state index in [9.17, 15) is 0 Å². The Morgan fingerprint density at radius 1 is 0.971 bits per heavy atom. The fraction of sp³-hybridized carbons (Fsp3) is 0.355. The van der Waals surface area contributed by atoms with Gasteiger partial charge in [0, 0.05) is 26.3 Å². The van der Waals surface area contributed by atoms with Gasteiger partial charge in [-0.05, 0) is 76.1 Å². The standard InChI is InChI=1S/C31H33N2O/c1-18-17-19(2)24(29-32-15-8-16-33(29)7)28-23(18)21-11-9-20-10-12-22-26(25(20)27(21)34-28)31(5,6)14-13-30(22,3)4/h8-12,15-17H,13-14H2,1-7H3/q+1/i1D3. The molecule has 0 saturated heterocycles. The molecule has 5 aromatic rings. The zero-order chi connectivity index (χ0) is 26.5. The number of benzene rings is 3. The van der Waals surface area contributed by atoms with Gasteiger partial charge in [-0.2, -0.15) is 0 Å². The summed E-state index contributed by atoms with van der Waals surface area (Å²) in [6.07, 6.45) is 5.91. The molecule has 3 heteroatoms. The monoisotopic (exact) mass is 452 g/mol. The molecule has 2 heterocycles. The lowest BCUT2D eigenvalue weighted by atomic mass is 9.62. The zero-order valence-electron chi connectivity index (χ0n) is 23.8. The van der Waals surface area contributed by atoms with Crippen LogP contribution in [0.2, 0.25) is 0 Å². The van der Waals surface area contributed by atoms with Crippen LogP contribution in [0, 0.1) is 13.8 Å². The van der Waals surface area contributed by atoms with Gasteiger partial charge in [-0.15, -0.1) is 0 Å². The lowest BCUT2D eigenvalue weighted by Gasteiger charge is -2.42. The number of aryl methyl sites for hydroxylation is 3. The second kappa shape index (κ2) is 6.91. The van der Waals surface area contributed by atoms with Crippen LogP contribution in [0.3, 0.4) is 0 Å². The molecular weight excluding hydrogens is 416 g/mol. The Morgan fingerprint density at radius 2 is 1.74 bits per heavy atom. The van der Waals surface area contributed by atoms with Crippen LogP contribution in [0.1, 0.15) is 66.9 Å². The minimum atomic E-state index is -2.28. The fourth-order valence-electron chi connectivity index (χ4n) is 6.06. The first-order chi connectivity index (χ1) is 17.3. The minimum Gasteiger partial charge on any atom is -0.454 e. The second-order valence-electron chi connectivity index (χ2n) is 11.3. The first-order valence-electron chi connectivity index (χ1n) is 13.6. The number of nitrogens with zero attached hydrogens (tertiary/aromatic N) is 2. The summed E-state index contributed by atoms with van der Waals surface area (Å²) in [7, 11) is 1.95. The molecule has 0 spiro atoms. The van der Waals surface area contributed by atoms with Crippen molar-refractivity contribution in [3.8, 4) is 11.4 Å². The van der Waals surface area contributed by atoms with Crippen LogP contribution in [-0.4, -0.2) is 4.98 Å². The smallest absolute Gasteiger partial charge is 0.334 e. The summed E-state index contributed by atoms with van der Waals surface area (Å²) in [5.41, 5.74) is 6.05. The van der Waals surface area contributed by atoms with E-state index in [0.717, 1.165) is 51.5 Å². The van der Waals surface area contributed by atoms with Crippen LogP contribution in [0.5, 0.6) is 0 Å². The Labute approximate surface area is 205 Å². The quantitative estimate of drug-likeness (QED) is 0.245. The van der Waals surface area contributed by atoms with Crippen LogP contribution < -0.4 is 4.57 Å². The molecule has 3 nitrogen and oxygen atoms in total. The Kier molecular flexibility index (Phi) is 3.69. The fourth-order valence-corrected chi connectivity index (χ4v) is 6.06. The molecular formula is C31H33N2O+. The van der Waals surface area contributed by atoms with Crippen LogP contribution in [0.4, 0.5) is 0 Å². The van der Waals surface area contributed by atoms with E-state index < -0.39 is 6.85 Å². The molecule has 172 valence electrons. The normalized spacial score (nSPS) is 18.6. The molecule has 0 amide bonds. The van der Waals surface area contributed by atoms with Crippen molar-refractivity contribution in [1.29, 1.82) is 0 Å². The lowest BCUT2D eigenvalue weighted by molar-refractivity contribution is -0.663. The van der Waals surface area contributed by atoms with E-state index in [1.165, 1.54) is 11.1 Å². The molecule has 0 saturated carbocycles. The number of hydrogen-bond acceptors (Lipinski definition) is 2. The molecule has 1 aliphatic rings.